The van der Waals surface area contributed by atoms with Gasteiger partial charge in [-0.15, -0.1) is 0 Å². The second-order valence-electron chi connectivity index (χ2n) is 7.77. The molecule has 3 aromatic carbocycles. The van der Waals surface area contributed by atoms with E-state index in [0.29, 0.717) is 27.3 Å². The number of hydrogen-bond donors (Lipinski definition) is 1. The second kappa shape index (κ2) is 9.37. The topological polar surface area (TPSA) is 74.5 Å². The molecule has 0 saturated carbocycles. The quantitative estimate of drug-likeness (QED) is 0.463. The highest BCUT2D eigenvalue weighted by molar-refractivity contribution is 8.18. The third-order valence-corrected chi connectivity index (χ3v) is 6.80. The van der Waals surface area contributed by atoms with Crippen LogP contribution in [0.2, 0.25) is 5.02 Å². The summed E-state index contributed by atoms with van der Waals surface area (Å²) in [6, 6.07) is 22.5. The molecule has 5 rings (SSSR count). The summed E-state index contributed by atoms with van der Waals surface area (Å²) in [6.07, 6.45) is 2.41. The van der Waals surface area contributed by atoms with E-state index in [2.05, 4.69) is 4.99 Å². The highest BCUT2D eigenvalue weighted by Crippen LogP contribution is 2.40. The fraction of sp³-hybridized carbons (Fsp3) is 0.115. The Morgan fingerprint density at radius 2 is 1.88 bits per heavy atom. The average Bonchev–Trinajstić information content (AvgIpc) is 3.45. The highest BCUT2D eigenvalue weighted by Gasteiger charge is 2.36. The van der Waals surface area contributed by atoms with Crippen molar-refractivity contribution in [2.24, 2.45) is 10.1 Å². The number of nitrogens with zero attached hydrogens (tertiary/aromatic N) is 3. The lowest BCUT2D eigenvalue weighted by atomic mass is 9.99. The van der Waals surface area contributed by atoms with E-state index in [4.69, 9.17) is 21.4 Å². The lowest BCUT2D eigenvalue weighted by molar-refractivity contribution is -0.113. The first-order chi connectivity index (χ1) is 16.5. The first-order valence-electron chi connectivity index (χ1n) is 10.6. The van der Waals surface area contributed by atoms with Crippen molar-refractivity contribution in [3.05, 3.63) is 99.4 Å². The molecular formula is C26H20ClN3O3S. The first kappa shape index (κ1) is 22.3. The summed E-state index contributed by atoms with van der Waals surface area (Å²) in [5.41, 5.74) is 3.73. The van der Waals surface area contributed by atoms with Crippen LogP contribution in [-0.4, -0.2) is 34.0 Å². The maximum absolute atomic E-state index is 12.8. The molecule has 1 atom stereocenters. The molecule has 0 unspecified atom stereocenters. The Hall–Kier alpha value is -3.55. The van der Waals surface area contributed by atoms with Gasteiger partial charge in [0, 0.05) is 11.4 Å². The molecule has 0 spiro atoms. The number of thioether (sulfide) groups is 1. The molecule has 34 heavy (non-hydrogen) atoms. The summed E-state index contributed by atoms with van der Waals surface area (Å²) < 4.78 is 5.17. The van der Waals surface area contributed by atoms with Crippen LogP contribution in [0.3, 0.4) is 0 Å². The van der Waals surface area contributed by atoms with Crippen molar-refractivity contribution in [2.45, 2.75) is 12.5 Å². The number of halogens is 1. The minimum Gasteiger partial charge on any atom is -0.504 e. The van der Waals surface area contributed by atoms with Crippen LogP contribution in [0.25, 0.3) is 6.08 Å². The molecule has 0 saturated heterocycles. The molecule has 2 aliphatic rings. The van der Waals surface area contributed by atoms with Crippen LogP contribution >= 0.6 is 23.4 Å². The number of benzene rings is 3. The van der Waals surface area contributed by atoms with Crippen molar-refractivity contribution < 1.29 is 14.6 Å². The van der Waals surface area contributed by atoms with E-state index in [1.807, 2.05) is 59.6 Å². The monoisotopic (exact) mass is 489 g/mol. The smallest absolute Gasteiger partial charge is 0.286 e. The van der Waals surface area contributed by atoms with E-state index in [9.17, 15) is 9.90 Å². The van der Waals surface area contributed by atoms with Crippen LogP contribution in [0.15, 0.2) is 87.8 Å². The fourth-order valence-electron chi connectivity index (χ4n) is 3.87. The highest BCUT2D eigenvalue weighted by atomic mass is 35.5. The summed E-state index contributed by atoms with van der Waals surface area (Å²) in [4.78, 5) is 17.5. The van der Waals surface area contributed by atoms with Crippen molar-refractivity contribution in [3.8, 4) is 11.5 Å². The molecule has 1 N–H and O–H groups in total. The van der Waals surface area contributed by atoms with Crippen LogP contribution < -0.4 is 4.74 Å². The van der Waals surface area contributed by atoms with Gasteiger partial charge >= 0.3 is 0 Å². The number of phenolic OH excluding ortho intramolecular Hbond substituents is 1. The van der Waals surface area contributed by atoms with Gasteiger partial charge in [0.25, 0.3) is 5.91 Å². The molecule has 0 aliphatic carbocycles. The normalized spacial score (nSPS) is 18.9. The Morgan fingerprint density at radius 1 is 1.12 bits per heavy atom. The molecule has 0 radical (unpaired) electrons. The summed E-state index contributed by atoms with van der Waals surface area (Å²) in [5.74, 6) is 0.0493. The number of phenols is 1. The Bertz CT molecular complexity index is 1340. The number of hydrazone groups is 1. The Kier molecular flexibility index (Phi) is 6.13. The lowest BCUT2D eigenvalue weighted by Crippen LogP contribution is -2.23. The summed E-state index contributed by atoms with van der Waals surface area (Å²) in [5, 5.41) is 17.7. The molecule has 3 aromatic rings. The van der Waals surface area contributed by atoms with E-state index >= 15 is 0 Å². The summed E-state index contributed by atoms with van der Waals surface area (Å²) in [6.45, 7) is 0. The van der Waals surface area contributed by atoms with E-state index in [1.165, 1.54) is 24.9 Å². The predicted octanol–water partition coefficient (Wildman–Crippen LogP) is 5.88. The number of amides is 1. The van der Waals surface area contributed by atoms with E-state index in [0.717, 1.165) is 22.4 Å². The zero-order chi connectivity index (χ0) is 23.7. The minimum absolute atomic E-state index is 0.0395. The van der Waals surface area contributed by atoms with Gasteiger partial charge in [0.1, 0.15) is 0 Å². The minimum atomic E-state index is -0.328. The van der Waals surface area contributed by atoms with E-state index < -0.39 is 0 Å². The molecule has 0 fully saturated rings. The average molecular weight is 490 g/mol. The molecule has 6 nitrogen and oxygen atoms in total. The molecule has 2 aliphatic heterocycles. The number of methoxy groups -OCH3 is 1. The molecule has 0 aromatic heterocycles. The van der Waals surface area contributed by atoms with Gasteiger partial charge < -0.3 is 9.84 Å². The number of amidine groups is 1. The number of rotatable bonds is 4. The zero-order valence-corrected chi connectivity index (χ0v) is 19.8. The van der Waals surface area contributed by atoms with E-state index in [-0.39, 0.29) is 17.7 Å². The van der Waals surface area contributed by atoms with Gasteiger partial charge in [-0.2, -0.15) is 10.1 Å². The summed E-state index contributed by atoms with van der Waals surface area (Å²) in [7, 11) is 1.48. The number of carbonyl (C=O) groups is 1. The number of aliphatic imine (C=N–C) groups is 1. The molecule has 1 amide bonds. The molecule has 170 valence electrons. The predicted molar refractivity (Wildman–Crippen MR) is 136 cm³/mol. The third-order valence-electron chi connectivity index (χ3n) is 5.58. The van der Waals surface area contributed by atoms with Gasteiger partial charge in [0.15, 0.2) is 16.7 Å². The Morgan fingerprint density at radius 3 is 2.62 bits per heavy atom. The SMILES string of the molecule is COc1cc(/C=C2\SC(N3N=C(c4ccccc4)C[C@H]3c3ccc(Cl)cc3)=NC2=O)ccc1O. The van der Waals surface area contributed by atoms with Crippen LogP contribution in [-0.2, 0) is 4.79 Å². The maximum atomic E-state index is 12.8. The maximum Gasteiger partial charge on any atom is 0.286 e. The molecule has 8 heteroatoms. The van der Waals surface area contributed by atoms with Crippen molar-refractivity contribution in [1.82, 2.24) is 5.01 Å². The standard InChI is InChI=1S/C26H20ClN3O3S/c1-33-23-13-16(7-12-22(23)31)14-24-25(32)28-26(34-24)30-21(18-8-10-19(27)11-9-18)15-20(29-30)17-5-3-2-4-6-17/h2-14,21,31H,15H2,1H3/b24-14-/t21-/m0/s1. The summed E-state index contributed by atoms with van der Waals surface area (Å²) >= 11 is 7.38. The Balaban J connectivity index is 1.47. The third kappa shape index (κ3) is 4.44. The van der Waals surface area contributed by atoms with Gasteiger partial charge in [-0.1, -0.05) is 60.1 Å². The van der Waals surface area contributed by atoms with Gasteiger partial charge in [0.2, 0.25) is 0 Å². The fourth-order valence-corrected chi connectivity index (χ4v) is 4.91. The van der Waals surface area contributed by atoms with Crippen LogP contribution in [0.1, 0.15) is 29.2 Å². The Labute approximate surface area is 206 Å². The van der Waals surface area contributed by atoms with Gasteiger partial charge in [0.05, 0.1) is 23.8 Å². The molecule has 2 heterocycles. The van der Waals surface area contributed by atoms with E-state index in [1.54, 1.807) is 18.2 Å². The van der Waals surface area contributed by atoms with Crippen molar-refractivity contribution in [2.75, 3.05) is 7.11 Å². The first-order valence-corrected chi connectivity index (χ1v) is 11.8. The van der Waals surface area contributed by atoms with Gasteiger partial charge in [-0.05, 0) is 58.8 Å². The van der Waals surface area contributed by atoms with Crippen molar-refractivity contribution in [1.29, 1.82) is 0 Å². The van der Waals surface area contributed by atoms with Crippen LogP contribution in [0, 0.1) is 0 Å². The zero-order valence-electron chi connectivity index (χ0n) is 18.2. The largest absolute Gasteiger partial charge is 0.504 e. The molecule has 0 bridgehead atoms. The number of aromatic hydroxyl groups is 1. The number of ether oxygens (including phenoxy) is 1. The van der Waals surface area contributed by atoms with Gasteiger partial charge in [-0.25, -0.2) is 5.01 Å². The van der Waals surface area contributed by atoms with Crippen molar-refractivity contribution in [3.63, 3.8) is 0 Å². The second-order valence-corrected chi connectivity index (χ2v) is 9.22. The van der Waals surface area contributed by atoms with Crippen LogP contribution in [0.5, 0.6) is 11.5 Å². The molecular weight excluding hydrogens is 470 g/mol. The number of carbonyl (C=O) groups excluding carboxylic acids is 1. The van der Waals surface area contributed by atoms with Crippen molar-refractivity contribution >= 4 is 46.2 Å². The lowest BCUT2D eigenvalue weighted by Gasteiger charge is -2.22. The van der Waals surface area contributed by atoms with Crippen LogP contribution in [0.4, 0.5) is 0 Å². The van der Waals surface area contributed by atoms with Gasteiger partial charge in [-0.3, -0.25) is 4.79 Å². The number of hydrogen-bond acceptors (Lipinski definition) is 6.